The fourth-order valence-electron chi connectivity index (χ4n) is 2.66. The van der Waals surface area contributed by atoms with Crippen LogP contribution in [0.1, 0.15) is 57.7 Å². The summed E-state index contributed by atoms with van der Waals surface area (Å²) in [6, 6.07) is 3.94. The van der Waals surface area contributed by atoms with Gasteiger partial charge in [-0.1, -0.05) is 20.8 Å². The van der Waals surface area contributed by atoms with E-state index in [1.165, 1.54) is 0 Å². The summed E-state index contributed by atoms with van der Waals surface area (Å²) >= 11 is 0. The number of nitrogens with zero attached hydrogens (tertiary/aromatic N) is 1. The second kappa shape index (κ2) is 5.36. The highest BCUT2D eigenvalue weighted by Gasteiger charge is 2.24. The molecule has 0 saturated heterocycles. The molecule has 0 amide bonds. The van der Waals surface area contributed by atoms with Gasteiger partial charge in [-0.05, 0) is 68.4 Å². The summed E-state index contributed by atoms with van der Waals surface area (Å²) in [6.45, 7) is 14.9. The third-order valence-corrected chi connectivity index (χ3v) is 3.04. The minimum atomic E-state index is -0.0715. The average Bonchev–Trinajstić information content (AvgIpc) is 2.19. The minimum Gasteiger partial charge on any atom is -0.507 e. The van der Waals surface area contributed by atoms with E-state index in [2.05, 4.69) is 34.6 Å². The Kier molecular flexibility index (Phi) is 4.44. The highest BCUT2D eigenvalue weighted by Crippen LogP contribution is 2.29. The van der Waals surface area contributed by atoms with Gasteiger partial charge in [0, 0.05) is 6.21 Å². The highest BCUT2D eigenvalue weighted by atomic mass is 16.3. The van der Waals surface area contributed by atoms with E-state index >= 15 is 0 Å². The highest BCUT2D eigenvalue weighted by molar-refractivity contribution is 5.81. The van der Waals surface area contributed by atoms with Crippen LogP contribution in [0.25, 0.3) is 0 Å². The number of hydrogen-bond acceptors (Lipinski definition) is 2. The third-order valence-electron chi connectivity index (χ3n) is 3.04. The molecule has 0 fully saturated rings. The van der Waals surface area contributed by atoms with Gasteiger partial charge in [-0.15, -0.1) is 0 Å². The number of aryl methyl sites for hydroxylation is 2. The summed E-state index contributed by atoms with van der Waals surface area (Å²) in [7, 11) is 0. The molecule has 2 nitrogen and oxygen atoms in total. The van der Waals surface area contributed by atoms with E-state index in [0.717, 1.165) is 23.1 Å². The molecule has 19 heavy (non-hydrogen) atoms. The molecule has 0 atom stereocenters. The summed E-state index contributed by atoms with van der Waals surface area (Å²) in [5, 5.41) is 9.77. The first-order valence-electron chi connectivity index (χ1n) is 6.86. The molecule has 106 valence electrons. The fourth-order valence-corrected chi connectivity index (χ4v) is 2.66. The Labute approximate surface area is 117 Å². The van der Waals surface area contributed by atoms with Crippen LogP contribution in [0.2, 0.25) is 0 Å². The van der Waals surface area contributed by atoms with Crippen molar-refractivity contribution in [3.63, 3.8) is 0 Å². The first kappa shape index (κ1) is 15.7. The van der Waals surface area contributed by atoms with Crippen LogP contribution in [-0.4, -0.2) is 16.9 Å². The molecule has 0 spiro atoms. The van der Waals surface area contributed by atoms with Gasteiger partial charge in [0.15, 0.2) is 0 Å². The van der Waals surface area contributed by atoms with Crippen molar-refractivity contribution in [3.05, 3.63) is 28.8 Å². The molecule has 1 aromatic carbocycles. The SMILES string of the molecule is Cc1cc(/C=N\C(C)(C)CC(C)(C)C)cc(C)c1O. The molecule has 1 N–H and O–H groups in total. The zero-order valence-corrected chi connectivity index (χ0v) is 13.3. The van der Waals surface area contributed by atoms with Gasteiger partial charge < -0.3 is 5.11 Å². The van der Waals surface area contributed by atoms with Gasteiger partial charge in [0.1, 0.15) is 5.75 Å². The topological polar surface area (TPSA) is 32.6 Å². The first-order chi connectivity index (χ1) is 8.50. The summed E-state index contributed by atoms with van der Waals surface area (Å²) in [5.41, 5.74) is 3.04. The lowest BCUT2D eigenvalue weighted by atomic mass is 9.82. The molecule has 1 aromatic rings. The average molecular weight is 261 g/mol. The van der Waals surface area contributed by atoms with Crippen molar-refractivity contribution in [1.29, 1.82) is 0 Å². The van der Waals surface area contributed by atoms with E-state index in [1.807, 2.05) is 32.2 Å². The Morgan fingerprint density at radius 2 is 1.53 bits per heavy atom. The van der Waals surface area contributed by atoms with Gasteiger partial charge >= 0.3 is 0 Å². The van der Waals surface area contributed by atoms with Crippen molar-refractivity contribution < 1.29 is 5.11 Å². The van der Waals surface area contributed by atoms with Gasteiger partial charge in [-0.3, -0.25) is 4.99 Å². The maximum absolute atomic E-state index is 9.77. The number of rotatable bonds is 3. The van der Waals surface area contributed by atoms with Crippen molar-refractivity contribution in [2.45, 2.75) is 60.4 Å². The molecule has 2 heteroatoms. The van der Waals surface area contributed by atoms with Crippen LogP contribution >= 0.6 is 0 Å². The predicted molar refractivity (Wildman–Crippen MR) is 83.3 cm³/mol. The Balaban J connectivity index is 2.93. The largest absolute Gasteiger partial charge is 0.507 e. The number of phenolic OH excluding ortho intramolecular Hbond substituents is 1. The summed E-state index contributed by atoms with van der Waals surface area (Å²) < 4.78 is 0. The summed E-state index contributed by atoms with van der Waals surface area (Å²) in [4.78, 5) is 4.72. The van der Waals surface area contributed by atoms with E-state index in [-0.39, 0.29) is 11.0 Å². The number of aromatic hydroxyl groups is 1. The second-order valence-corrected chi connectivity index (χ2v) is 7.31. The monoisotopic (exact) mass is 261 g/mol. The Bertz CT molecular complexity index is 456. The van der Waals surface area contributed by atoms with Crippen molar-refractivity contribution in [2.75, 3.05) is 0 Å². The standard InChI is InChI=1S/C17H27NO/c1-12-8-14(9-13(2)15(12)19)10-18-17(6,7)11-16(3,4)5/h8-10,19H,11H2,1-7H3/b18-10-. The Hall–Kier alpha value is -1.31. The molecule has 0 radical (unpaired) electrons. The van der Waals surface area contributed by atoms with E-state index in [1.54, 1.807) is 0 Å². The van der Waals surface area contributed by atoms with Crippen molar-refractivity contribution >= 4 is 6.21 Å². The van der Waals surface area contributed by atoms with Crippen LogP contribution in [0.4, 0.5) is 0 Å². The molecule has 0 heterocycles. The molecule has 1 rings (SSSR count). The molecule has 0 aliphatic carbocycles. The number of phenols is 1. The summed E-state index contributed by atoms with van der Waals surface area (Å²) in [6.07, 6.45) is 2.96. The van der Waals surface area contributed by atoms with Crippen LogP contribution in [-0.2, 0) is 0 Å². The van der Waals surface area contributed by atoms with Crippen LogP contribution in [0.15, 0.2) is 17.1 Å². The zero-order valence-electron chi connectivity index (χ0n) is 13.3. The number of hydrogen-bond donors (Lipinski definition) is 1. The van der Waals surface area contributed by atoms with E-state index in [4.69, 9.17) is 4.99 Å². The maximum atomic E-state index is 9.77. The number of benzene rings is 1. The maximum Gasteiger partial charge on any atom is 0.121 e. The lowest BCUT2D eigenvalue weighted by molar-refractivity contribution is 0.289. The van der Waals surface area contributed by atoms with Gasteiger partial charge in [0.25, 0.3) is 0 Å². The Morgan fingerprint density at radius 3 is 1.95 bits per heavy atom. The molecular formula is C17H27NO. The predicted octanol–water partition coefficient (Wildman–Crippen LogP) is 4.64. The van der Waals surface area contributed by atoms with Crippen LogP contribution in [0.3, 0.4) is 0 Å². The normalized spacial score (nSPS) is 13.2. The Morgan fingerprint density at radius 1 is 1.05 bits per heavy atom. The molecule has 0 unspecified atom stereocenters. The van der Waals surface area contributed by atoms with Crippen molar-refractivity contribution in [2.24, 2.45) is 10.4 Å². The number of aliphatic imine (C=N–C) groups is 1. The van der Waals surface area contributed by atoms with E-state index in [0.29, 0.717) is 5.75 Å². The van der Waals surface area contributed by atoms with Gasteiger partial charge in [0.2, 0.25) is 0 Å². The fraction of sp³-hybridized carbons (Fsp3) is 0.588. The second-order valence-electron chi connectivity index (χ2n) is 7.31. The van der Waals surface area contributed by atoms with Crippen LogP contribution in [0.5, 0.6) is 5.75 Å². The molecular weight excluding hydrogens is 234 g/mol. The van der Waals surface area contributed by atoms with Gasteiger partial charge in [-0.25, -0.2) is 0 Å². The zero-order chi connectivity index (χ0) is 14.8. The van der Waals surface area contributed by atoms with E-state index < -0.39 is 0 Å². The van der Waals surface area contributed by atoms with Gasteiger partial charge in [0.05, 0.1) is 5.54 Å². The molecule has 0 aromatic heterocycles. The van der Waals surface area contributed by atoms with Crippen molar-refractivity contribution in [1.82, 2.24) is 0 Å². The smallest absolute Gasteiger partial charge is 0.121 e. The molecule has 0 saturated carbocycles. The molecule has 0 aliphatic rings. The lowest BCUT2D eigenvalue weighted by Crippen LogP contribution is -2.25. The lowest BCUT2D eigenvalue weighted by Gasteiger charge is -2.29. The van der Waals surface area contributed by atoms with Crippen LogP contribution < -0.4 is 0 Å². The molecule has 0 aliphatic heterocycles. The molecule has 0 bridgehead atoms. The quantitative estimate of drug-likeness (QED) is 0.790. The summed E-state index contributed by atoms with van der Waals surface area (Å²) in [5.74, 6) is 0.381. The first-order valence-corrected chi connectivity index (χ1v) is 6.86. The third kappa shape index (κ3) is 5.06. The minimum absolute atomic E-state index is 0.0715. The van der Waals surface area contributed by atoms with Crippen LogP contribution in [0, 0.1) is 19.3 Å². The van der Waals surface area contributed by atoms with Crippen molar-refractivity contribution in [3.8, 4) is 5.75 Å². The van der Waals surface area contributed by atoms with E-state index in [9.17, 15) is 5.11 Å². The van der Waals surface area contributed by atoms with Gasteiger partial charge in [-0.2, -0.15) is 0 Å².